The first-order valence-electron chi connectivity index (χ1n) is 23.1. The Labute approximate surface area is 367 Å². The highest BCUT2D eigenvalue weighted by Crippen LogP contribution is 2.60. The molecule has 1 aromatic rings. The van der Waals surface area contributed by atoms with Gasteiger partial charge in [-0.05, 0) is 115 Å². The van der Waals surface area contributed by atoms with Crippen molar-refractivity contribution in [1.29, 1.82) is 0 Å². The lowest BCUT2D eigenvalue weighted by molar-refractivity contribution is -0.314. The van der Waals surface area contributed by atoms with Crippen molar-refractivity contribution in [2.45, 2.75) is 179 Å². The monoisotopic (exact) mass is 873 g/mol. The van der Waals surface area contributed by atoms with Gasteiger partial charge in [-0.25, -0.2) is 4.68 Å². The molecular weight excluding hydrogens is 801 g/mol. The smallest absolute Gasteiger partial charge is 0.306 e. The Morgan fingerprint density at radius 3 is 2.31 bits per heavy atom. The van der Waals surface area contributed by atoms with Crippen molar-refractivity contribution in [3.63, 3.8) is 0 Å². The second-order valence-corrected chi connectivity index (χ2v) is 19.0. The van der Waals surface area contributed by atoms with E-state index in [0.29, 0.717) is 55.8 Å². The molecule has 3 aliphatic carbocycles. The molecule has 16 nitrogen and oxygen atoms in total. The number of likely N-dealkylation sites (N-methyl/N-ethyl adjacent to an activating group) is 1. The first-order valence-corrected chi connectivity index (χ1v) is 23.1. The zero-order chi connectivity index (χ0) is 44.4. The average Bonchev–Trinajstić information content (AvgIpc) is 3.98. The van der Waals surface area contributed by atoms with Crippen LogP contribution in [-0.2, 0) is 63.6 Å². The summed E-state index contributed by atoms with van der Waals surface area (Å²) in [6, 6.07) is 0.172. The number of carbonyl (C=O) groups excluding carboxylic acids is 3. The van der Waals surface area contributed by atoms with E-state index in [0.717, 1.165) is 19.3 Å². The summed E-state index contributed by atoms with van der Waals surface area (Å²) >= 11 is 0. The SMILES string of the molecule is CC[C@H]1CCC[C@H](O[C@H]2CC[C@H](N(C)C)C(C)O2)[C@@H](C)C(=O)C2=C[C@@H]3[C@@H](C[C@@H](n4cc(COC(C)=O)nn4)[C@@H]4C[C@@H](O[C@@H]5OC(C)[C@H](OC)C(OC)[C@@H]5OC)C[C@@H]34)[C@@H]2CC(=O)O1. The largest absolute Gasteiger partial charge is 0.462 e. The third kappa shape index (κ3) is 10.0. The van der Waals surface area contributed by atoms with Crippen LogP contribution in [0.15, 0.2) is 17.8 Å². The molecule has 1 aromatic heterocycles. The second kappa shape index (κ2) is 20.6. The van der Waals surface area contributed by atoms with Gasteiger partial charge in [-0.3, -0.25) is 14.4 Å². The Morgan fingerprint density at radius 1 is 0.887 bits per heavy atom. The number of methoxy groups -OCH3 is 3. The number of carbonyl (C=O) groups is 3. The normalized spacial score (nSPS) is 41.6. The van der Waals surface area contributed by atoms with Gasteiger partial charge in [0.2, 0.25) is 0 Å². The van der Waals surface area contributed by atoms with E-state index in [1.54, 1.807) is 21.3 Å². The molecule has 0 N–H and O–H groups in total. The van der Waals surface area contributed by atoms with Crippen molar-refractivity contribution in [2.75, 3.05) is 35.4 Å². The molecule has 0 radical (unpaired) electrons. The number of fused-ring (bicyclic) bond motifs is 5. The highest BCUT2D eigenvalue weighted by atomic mass is 16.7. The molecule has 62 heavy (non-hydrogen) atoms. The molecule has 0 amide bonds. The molecule has 3 saturated heterocycles. The summed E-state index contributed by atoms with van der Waals surface area (Å²) in [6.07, 6.45) is 7.31. The lowest BCUT2D eigenvalue weighted by Crippen LogP contribution is -2.59. The van der Waals surface area contributed by atoms with Gasteiger partial charge in [-0.2, -0.15) is 0 Å². The molecule has 0 bridgehead atoms. The Balaban J connectivity index is 1.19. The maximum atomic E-state index is 15.1. The van der Waals surface area contributed by atoms with Crippen LogP contribution in [0.2, 0.25) is 0 Å². The van der Waals surface area contributed by atoms with Gasteiger partial charge in [-0.15, -0.1) is 5.10 Å². The fourth-order valence-corrected chi connectivity index (χ4v) is 12.0. The fraction of sp³-hybridized carbons (Fsp3) is 0.848. The van der Waals surface area contributed by atoms with Crippen LogP contribution in [0.25, 0.3) is 0 Å². The minimum Gasteiger partial charge on any atom is -0.462 e. The predicted molar refractivity (Wildman–Crippen MR) is 224 cm³/mol. The van der Waals surface area contributed by atoms with Crippen LogP contribution >= 0.6 is 0 Å². The van der Waals surface area contributed by atoms with Crippen molar-refractivity contribution in [3.8, 4) is 0 Å². The Morgan fingerprint density at radius 2 is 1.63 bits per heavy atom. The first-order chi connectivity index (χ1) is 29.7. The van der Waals surface area contributed by atoms with Gasteiger partial charge in [0.05, 0.1) is 43.1 Å². The van der Waals surface area contributed by atoms with Crippen LogP contribution in [0.4, 0.5) is 0 Å². The summed E-state index contributed by atoms with van der Waals surface area (Å²) in [6.45, 7) is 9.47. The number of aromatic nitrogens is 3. The maximum absolute atomic E-state index is 15.1. The van der Waals surface area contributed by atoms with Gasteiger partial charge in [0.25, 0.3) is 0 Å². The maximum Gasteiger partial charge on any atom is 0.306 e. The summed E-state index contributed by atoms with van der Waals surface area (Å²) in [5, 5.41) is 8.98. The minimum atomic E-state index is -0.699. The number of allylic oxidation sites excluding steroid dienone is 2. The molecule has 2 saturated carbocycles. The van der Waals surface area contributed by atoms with Crippen molar-refractivity contribution in [2.24, 2.45) is 35.5 Å². The summed E-state index contributed by atoms with van der Waals surface area (Å²) < 4.78 is 57.5. The van der Waals surface area contributed by atoms with Crippen molar-refractivity contribution in [3.05, 3.63) is 23.5 Å². The van der Waals surface area contributed by atoms with Crippen LogP contribution in [-0.4, -0.2) is 140 Å². The molecule has 0 aromatic carbocycles. The third-order valence-electron chi connectivity index (χ3n) is 15.1. The van der Waals surface area contributed by atoms with Crippen LogP contribution in [0.3, 0.4) is 0 Å². The number of rotatable bonds is 12. The third-order valence-corrected chi connectivity index (χ3v) is 15.1. The van der Waals surface area contributed by atoms with E-state index in [4.69, 9.17) is 42.6 Å². The van der Waals surface area contributed by atoms with E-state index >= 15 is 4.79 Å². The molecule has 16 heteroatoms. The molecule has 18 atom stereocenters. The number of hydrogen-bond donors (Lipinski definition) is 0. The quantitative estimate of drug-likeness (QED) is 0.251. The van der Waals surface area contributed by atoms with Gasteiger partial charge in [-0.1, -0.05) is 25.1 Å². The number of ether oxygens (including phenoxy) is 9. The number of esters is 2. The number of cyclic esters (lactones) is 1. The van der Waals surface area contributed by atoms with Crippen LogP contribution < -0.4 is 0 Å². The minimum absolute atomic E-state index is 0.00353. The lowest BCUT2D eigenvalue weighted by atomic mass is 9.64. The van der Waals surface area contributed by atoms with Gasteiger partial charge >= 0.3 is 11.9 Å². The molecule has 0 spiro atoms. The lowest BCUT2D eigenvalue weighted by Gasteiger charge is -2.44. The second-order valence-electron chi connectivity index (χ2n) is 19.0. The molecule has 6 aliphatic rings. The van der Waals surface area contributed by atoms with Gasteiger partial charge in [0, 0.05) is 46.1 Å². The zero-order valence-electron chi connectivity index (χ0n) is 38.5. The van der Waals surface area contributed by atoms with E-state index in [9.17, 15) is 9.59 Å². The number of ketones is 1. The highest BCUT2D eigenvalue weighted by Gasteiger charge is 2.57. The van der Waals surface area contributed by atoms with E-state index in [-0.39, 0.29) is 97.0 Å². The first kappa shape index (κ1) is 47.1. The van der Waals surface area contributed by atoms with Crippen LogP contribution in [0, 0.1) is 35.5 Å². The molecule has 4 heterocycles. The molecule has 3 unspecified atom stereocenters. The zero-order valence-corrected chi connectivity index (χ0v) is 38.5. The number of hydrogen-bond acceptors (Lipinski definition) is 15. The van der Waals surface area contributed by atoms with E-state index in [1.165, 1.54) is 6.92 Å². The summed E-state index contributed by atoms with van der Waals surface area (Å²) in [5.41, 5.74) is 1.25. The predicted octanol–water partition coefficient (Wildman–Crippen LogP) is 5.22. The Kier molecular flexibility index (Phi) is 15.6. The summed E-state index contributed by atoms with van der Waals surface area (Å²) in [4.78, 5) is 42.9. The van der Waals surface area contributed by atoms with Gasteiger partial charge < -0.3 is 47.5 Å². The number of nitrogens with zero attached hydrogens (tertiary/aromatic N) is 4. The van der Waals surface area contributed by atoms with Gasteiger partial charge in [0.1, 0.15) is 36.7 Å². The Hall–Kier alpha value is -2.83. The fourth-order valence-electron chi connectivity index (χ4n) is 12.0. The topological polar surface area (TPSA) is 168 Å². The standard InChI is InChI=1S/C46H72N4O12/c1-11-29-13-12-14-39(62-41-16-15-37(49(6)7)25(3)58-41)24(2)42(53)36-19-32-31-17-30(61-46-45(56-10)44(55-9)43(54-8)26(4)59-46)18-35(31)38(20-33(32)34(36)21-40(52)60-29)50-22-28(47-48-50)23-57-27(5)51/h19,22,24-26,29-35,37-39,41,43-46H,11-18,20-21,23H2,1-10H3/t24-,25?,26?,29+,30+,31+,32+,33-,34+,35-,37+,38-,39+,41+,43+,44?,45+,46+/m1/s1. The van der Waals surface area contributed by atoms with Crippen LogP contribution in [0.1, 0.15) is 111 Å². The molecule has 5 fully saturated rings. The Bertz CT molecular complexity index is 1720. The summed E-state index contributed by atoms with van der Waals surface area (Å²) in [7, 11) is 9.07. The van der Waals surface area contributed by atoms with E-state index in [2.05, 4.69) is 49.2 Å². The molecule has 3 aliphatic heterocycles. The van der Waals surface area contributed by atoms with Crippen molar-refractivity contribution in [1.82, 2.24) is 19.9 Å². The van der Waals surface area contributed by atoms with Crippen LogP contribution in [0.5, 0.6) is 0 Å². The molecule has 348 valence electrons. The summed E-state index contributed by atoms with van der Waals surface area (Å²) in [5.74, 6) is -1.31. The van der Waals surface area contributed by atoms with E-state index in [1.807, 2.05) is 24.7 Å². The van der Waals surface area contributed by atoms with Crippen molar-refractivity contribution < 1.29 is 57.0 Å². The molecular formula is C46H72N4O12. The molecule has 7 rings (SSSR count). The van der Waals surface area contributed by atoms with Gasteiger partial charge in [0.15, 0.2) is 18.4 Å². The van der Waals surface area contributed by atoms with E-state index < -0.39 is 36.7 Å². The highest BCUT2D eigenvalue weighted by molar-refractivity contribution is 5.99. The number of Topliss-reactive ketones (excluding diaryl/α,β-unsaturated/α-hetero) is 1. The average molecular weight is 873 g/mol. The van der Waals surface area contributed by atoms with Crippen molar-refractivity contribution >= 4 is 17.7 Å².